The van der Waals surface area contributed by atoms with Crippen LogP contribution in [0.25, 0.3) is 16.9 Å². The fraction of sp³-hybridized carbons (Fsp3) is 0.143. The number of nitriles is 1. The van der Waals surface area contributed by atoms with Gasteiger partial charge in [-0.05, 0) is 42.8 Å². The minimum atomic E-state index is -0.239. The fourth-order valence-corrected chi connectivity index (χ4v) is 2.93. The van der Waals surface area contributed by atoms with E-state index in [1.54, 1.807) is 37.4 Å². The zero-order valence-corrected chi connectivity index (χ0v) is 15.7. The first-order valence-corrected chi connectivity index (χ1v) is 9.08. The number of aryl methyl sites for hydroxylation is 1. The zero-order valence-electron chi connectivity index (χ0n) is 15.7. The number of anilines is 2. The predicted octanol–water partition coefficient (Wildman–Crippen LogP) is 3.63. The molecule has 3 aromatic heterocycles. The molecule has 0 bridgehead atoms. The van der Waals surface area contributed by atoms with Gasteiger partial charge >= 0.3 is 0 Å². The maximum absolute atomic E-state index is 13.6. The topological polar surface area (TPSA) is 90.9 Å². The van der Waals surface area contributed by atoms with Gasteiger partial charge in [-0.25, -0.2) is 19.3 Å². The average molecular weight is 387 g/mol. The Morgan fingerprint density at radius 2 is 1.97 bits per heavy atom. The van der Waals surface area contributed by atoms with Crippen LogP contribution in [0.3, 0.4) is 0 Å². The molecule has 29 heavy (non-hydrogen) atoms. The second-order valence-electron chi connectivity index (χ2n) is 6.48. The van der Waals surface area contributed by atoms with E-state index in [0.717, 1.165) is 16.9 Å². The van der Waals surface area contributed by atoms with Crippen molar-refractivity contribution in [1.82, 2.24) is 19.4 Å². The summed E-state index contributed by atoms with van der Waals surface area (Å²) in [5, 5.41) is 15.3. The third-order valence-corrected chi connectivity index (χ3v) is 4.45. The minimum Gasteiger partial charge on any atom is -0.368 e. The molecule has 0 amide bonds. The predicted molar refractivity (Wildman–Crippen MR) is 109 cm³/mol. The highest BCUT2D eigenvalue weighted by atomic mass is 19.1. The van der Waals surface area contributed by atoms with Crippen molar-refractivity contribution >= 4 is 17.4 Å². The number of halogens is 1. The van der Waals surface area contributed by atoms with Crippen molar-refractivity contribution in [3.8, 4) is 17.3 Å². The highest BCUT2D eigenvalue weighted by Crippen LogP contribution is 2.23. The molecular weight excluding hydrogens is 369 g/mol. The van der Waals surface area contributed by atoms with Gasteiger partial charge in [0.15, 0.2) is 0 Å². The van der Waals surface area contributed by atoms with Crippen molar-refractivity contribution in [2.75, 3.05) is 23.7 Å². The number of pyridine rings is 1. The van der Waals surface area contributed by atoms with Crippen LogP contribution >= 0.6 is 0 Å². The molecule has 2 N–H and O–H groups in total. The van der Waals surface area contributed by atoms with E-state index in [1.165, 1.54) is 12.3 Å². The molecule has 7 nitrogen and oxygen atoms in total. The Morgan fingerprint density at radius 1 is 1.10 bits per heavy atom. The molecule has 0 unspecified atom stereocenters. The van der Waals surface area contributed by atoms with E-state index in [9.17, 15) is 4.39 Å². The Labute approximate surface area is 166 Å². The Kier molecular flexibility index (Phi) is 5.03. The molecule has 144 valence electrons. The lowest BCUT2D eigenvalue weighted by Gasteiger charge is -2.12. The van der Waals surface area contributed by atoms with Crippen LogP contribution < -0.4 is 10.6 Å². The summed E-state index contributed by atoms with van der Waals surface area (Å²) in [7, 11) is 0. The summed E-state index contributed by atoms with van der Waals surface area (Å²) < 4.78 is 15.5. The molecule has 0 aliphatic heterocycles. The Bertz CT molecular complexity index is 1190. The van der Waals surface area contributed by atoms with Crippen molar-refractivity contribution in [2.45, 2.75) is 6.92 Å². The first-order chi connectivity index (χ1) is 14.1. The Balaban J connectivity index is 1.49. The van der Waals surface area contributed by atoms with Crippen molar-refractivity contribution in [2.24, 2.45) is 0 Å². The summed E-state index contributed by atoms with van der Waals surface area (Å²) in [4.78, 5) is 13.2. The average Bonchev–Trinajstić information content (AvgIpc) is 3.22. The second kappa shape index (κ2) is 7.94. The zero-order chi connectivity index (χ0) is 20.2. The lowest BCUT2D eigenvalue weighted by molar-refractivity contribution is 0.619. The van der Waals surface area contributed by atoms with Crippen LogP contribution in [-0.4, -0.2) is 32.4 Å². The highest BCUT2D eigenvalue weighted by molar-refractivity contribution is 5.66. The van der Waals surface area contributed by atoms with Gasteiger partial charge in [-0.1, -0.05) is 0 Å². The number of nitrogens with zero attached hydrogens (tertiary/aromatic N) is 5. The van der Waals surface area contributed by atoms with Crippen LogP contribution in [0.4, 0.5) is 16.2 Å². The molecule has 0 saturated heterocycles. The van der Waals surface area contributed by atoms with Gasteiger partial charge in [-0.3, -0.25) is 4.40 Å². The molecule has 0 atom stereocenters. The van der Waals surface area contributed by atoms with Crippen molar-refractivity contribution in [3.05, 3.63) is 71.9 Å². The summed E-state index contributed by atoms with van der Waals surface area (Å²) in [6.07, 6.45) is 5.07. The summed E-state index contributed by atoms with van der Waals surface area (Å²) in [5.41, 5.74) is 3.39. The van der Waals surface area contributed by atoms with Gasteiger partial charge < -0.3 is 10.6 Å². The van der Waals surface area contributed by atoms with E-state index in [0.29, 0.717) is 36.0 Å². The maximum atomic E-state index is 13.6. The minimum absolute atomic E-state index is 0.239. The molecule has 4 aromatic rings. The molecule has 0 aliphatic carbocycles. The number of nitrogens with one attached hydrogen (secondary N) is 2. The van der Waals surface area contributed by atoms with Gasteiger partial charge in [0.25, 0.3) is 0 Å². The molecule has 1 aromatic carbocycles. The van der Waals surface area contributed by atoms with Crippen molar-refractivity contribution < 1.29 is 4.39 Å². The maximum Gasteiger partial charge on any atom is 0.209 e. The van der Waals surface area contributed by atoms with E-state index in [1.807, 2.05) is 22.7 Å². The molecule has 0 radical (unpaired) electrons. The summed E-state index contributed by atoms with van der Waals surface area (Å²) in [6.45, 7) is 2.93. The first kappa shape index (κ1) is 18.4. The van der Waals surface area contributed by atoms with E-state index in [2.05, 4.69) is 20.6 Å². The number of benzene rings is 1. The van der Waals surface area contributed by atoms with Gasteiger partial charge in [0.05, 0.1) is 11.3 Å². The van der Waals surface area contributed by atoms with Gasteiger partial charge in [0.1, 0.15) is 23.4 Å². The molecule has 0 fully saturated rings. The first-order valence-electron chi connectivity index (χ1n) is 9.08. The van der Waals surface area contributed by atoms with E-state index < -0.39 is 0 Å². The van der Waals surface area contributed by atoms with Gasteiger partial charge in [-0.2, -0.15) is 5.26 Å². The second-order valence-corrected chi connectivity index (χ2v) is 6.48. The van der Waals surface area contributed by atoms with Gasteiger partial charge in [-0.15, -0.1) is 0 Å². The quantitative estimate of drug-likeness (QED) is 0.491. The SMILES string of the molecule is Cc1cc(-c2cc3nccn3c(NCCNc3ccc(C#N)cn3)n2)ccc1F. The Morgan fingerprint density at radius 3 is 2.72 bits per heavy atom. The summed E-state index contributed by atoms with van der Waals surface area (Å²) in [5.74, 6) is 1.10. The third kappa shape index (κ3) is 3.99. The molecule has 8 heteroatoms. The van der Waals surface area contributed by atoms with Gasteiger partial charge in [0.2, 0.25) is 5.95 Å². The lowest BCUT2D eigenvalue weighted by Crippen LogP contribution is -2.16. The normalized spacial score (nSPS) is 10.7. The molecule has 3 heterocycles. The monoisotopic (exact) mass is 387 g/mol. The highest BCUT2D eigenvalue weighted by Gasteiger charge is 2.09. The molecule has 0 saturated carbocycles. The van der Waals surface area contributed by atoms with Crippen LogP contribution in [0.15, 0.2) is 55.0 Å². The Hall–Kier alpha value is -3.99. The largest absolute Gasteiger partial charge is 0.368 e. The van der Waals surface area contributed by atoms with Crippen LogP contribution in [0.1, 0.15) is 11.1 Å². The number of rotatable bonds is 6. The van der Waals surface area contributed by atoms with Crippen LogP contribution in [-0.2, 0) is 0 Å². The summed E-state index contributed by atoms with van der Waals surface area (Å²) in [6, 6.07) is 12.3. The van der Waals surface area contributed by atoms with Crippen molar-refractivity contribution in [1.29, 1.82) is 5.26 Å². The summed E-state index contributed by atoms with van der Waals surface area (Å²) >= 11 is 0. The number of fused-ring (bicyclic) bond motifs is 1. The lowest BCUT2D eigenvalue weighted by atomic mass is 10.1. The number of hydrogen-bond acceptors (Lipinski definition) is 6. The third-order valence-electron chi connectivity index (χ3n) is 4.45. The van der Waals surface area contributed by atoms with Crippen LogP contribution in [0, 0.1) is 24.1 Å². The molecule has 0 aliphatic rings. The smallest absolute Gasteiger partial charge is 0.209 e. The van der Waals surface area contributed by atoms with E-state index in [4.69, 9.17) is 10.2 Å². The van der Waals surface area contributed by atoms with Crippen molar-refractivity contribution in [3.63, 3.8) is 0 Å². The number of imidazole rings is 1. The molecule has 4 rings (SSSR count). The number of aromatic nitrogens is 4. The van der Waals surface area contributed by atoms with Gasteiger partial charge in [0, 0.05) is 43.3 Å². The standard InChI is InChI=1S/C21H18FN7/c1-14-10-16(3-4-17(14)22)18-11-20-25-8-9-29(20)21(28-18)26-7-6-24-19-5-2-15(12-23)13-27-19/h2-5,8-11,13H,6-7H2,1H3,(H,24,27)(H,26,28). The van der Waals surface area contributed by atoms with E-state index >= 15 is 0 Å². The fourth-order valence-electron chi connectivity index (χ4n) is 2.93. The molecule has 0 spiro atoms. The number of hydrogen-bond donors (Lipinski definition) is 2. The van der Waals surface area contributed by atoms with E-state index in [-0.39, 0.29) is 5.82 Å². The van der Waals surface area contributed by atoms with Crippen LogP contribution in [0.2, 0.25) is 0 Å². The molecular formula is C21H18FN7. The van der Waals surface area contributed by atoms with Crippen LogP contribution in [0.5, 0.6) is 0 Å².